The van der Waals surface area contributed by atoms with Crippen LogP contribution in [0.5, 0.6) is 0 Å². The van der Waals surface area contributed by atoms with Crippen LogP contribution in [0.1, 0.15) is 220 Å². The second kappa shape index (κ2) is 29.4. The molecule has 0 rings (SSSR count). The van der Waals surface area contributed by atoms with Crippen molar-refractivity contribution in [2.24, 2.45) is 5.92 Å². The van der Waals surface area contributed by atoms with Gasteiger partial charge in [-0.3, -0.25) is 0 Å². The van der Waals surface area contributed by atoms with E-state index in [0.29, 0.717) is 5.16 Å². The first-order chi connectivity index (χ1) is 18.1. The van der Waals surface area contributed by atoms with E-state index >= 15 is 0 Å². The van der Waals surface area contributed by atoms with Crippen LogP contribution in [0.4, 0.5) is 0 Å². The zero-order valence-electron chi connectivity index (χ0n) is 26.9. The monoisotopic (exact) mass is 539 g/mol. The molecule has 0 aliphatic rings. The van der Waals surface area contributed by atoms with Crippen LogP contribution < -0.4 is 0 Å². The Kier molecular flexibility index (Phi) is 29.8. The average molecular weight is 539 g/mol. The van der Waals surface area contributed by atoms with Crippen molar-refractivity contribution in [3.05, 3.63) is 0 Å². The summed E-state index contributed by atoms with van der Waals surface area (Å²) in [4.78, 5) is 0. The van der Waals surface area contributed by atoms with Gasteiger partial charge in [-0.25, -0.2) is 0 Å². The molecular formula is C36H75P. The molecule has 0 aromatic rings. The van der Waals surface area contributed by atoms with E-state index in [1.165, 1.54) is 193 Å². The van der Waals surface area contributed by atoms with E-state index in [2.05, 4.69) is 36.9 Å². The summed E-state index contributed by atoms with van der Waals surface area (Å²) in [6, 6.07) is 0. The third kappa shape index (κ3) is 24.0. The molecule has 224 valence electrons. The number of hydrogen-bond acceptors (Lipinski definition) is 0. The van der Waals surface area contributed by atoms with Crippen molar-refractivity contribution < 1.29 is 0 Å². The molecule has 0 spiro atoms. The first kappa shape index (κ1) is 37.4. The quantitative estimate of drug-likeness (QED) is 0.0608. The van der Waals surface area contributed by atoms with Crippen molar-refractivity contribution in [3.8, 4) is 0 Å². The fourth-order valence-corrected chi connectivity index (χ4v) is 7.16. The Morgan fingerprint density at radius 1 is 0.351 bits per heavy atom. The Hall–Kier alpha value is 0.430. The smallest absolute Gasteiger partial charge is 0.0122 e. The summed E-state index contributed by atoms with van der Waals surface area (Å²) in [5.74, 6) is 0.940. The normalized spacial score (nSPS) is 12.9. The van der Waals surface area contributed by atoms with Gasteiger partial charge in [0.1, 0.15) is 0 Å². The van der Waals surface area contributed by atoms with Gasteiger partial charge in [0.2, 0.25) is 0 Å². The molecule has 0 saturated carbocycles. The van der Waals surface area contributed by atoms with E-state index in [9.17, 15) is 0 Å². The highest BCUT2D eigenvalue weighted by Crippen LogP contribution is 2.44. The molecule has 0 aliphatic carbocycles. The molecule has 2 unspecified atom stereocenters. The minimum absolute atomic E-state index is 0.514. The Labute approximate surface area is 240 Å². The van der Waals surface area contributed by atoms with E-state index in [0.717, 1.165) is 5.92 Å². The third-order valence-electron chi connectivity index (χ3n) is 9.12. The van der Waals surface area contributed by atoms with Crippen LogP contribution in [0, 0.1) is 5.92 Å². The number of hydrogen-bond donors (Lipinski definition) is 0. The van der Waals surface area contributed by atoms with Crippen molar-refractivity contribution in [3.63, 3.8) is 0 Å². The van der Waals surface area contributed by atoms with Gasteiger partial charge in [0, 0.05) is 0 Å². The average Bonchev–Trinajstić information content (AvgIpc) is 2.90. The second-order valence-corrected chi connectivity index (χ2v) is 13.9. The van der Waals surface area contributed by atoms with E-state index in [-0.39, 0.29) is 0 Å². The van der Waals surface area contributed by atoms with E-state index in [1.54, 1.807) is 0 Å². The predicted octanol–water partition coefficient (Wildman–Crippen LogP) is 14.0. The predicted molar refractivity (Wildman–Crippen MR) is 177 cm³/mol. The fraction of sp³-hybridized carbons (Fsp3) is 1.00. The molecule has 0 aliphatic heterocycles. The topological polar surface area (TPSA) is 0 Å². The highest BCUT2D eigenvalue weighted by Gasteiger charge is 2.32. The van der Waals surface area contributed by atoms with Crippen LogP contribution in [-0.2, 0) is 0 Å². The molecule has 0 amide bonds. The standard InChI is InChI=1S/C36H75P/c1-5-9-13-17-21-22-24-28-32-35(31-27-23-18-14-10-6-2)36(37,33-29-25-19-15-11-7-3)34-30-26-20-16-12-8-4/h35H,5-34,37H2,1-4H3. The lowest BCUT2D eigenvalue weighted by Crippen LogP contribution is -2.32. The van der Waals surface area contributed by atoms with E-state index in [4.69, 9.17) is 0 Å². The molecule has 0 aromatic carbocycles. The maximum absolute atomic E-state index is 3.54. The summed E-state index contributed by atoms with van der Waals surface area (Å²) in [7, 11) is 3.54. The van der Waals surface area contributed by atoms with Gasteiger partial charge in [-0.05, 0) is 36.8 Å². The summed E-state index contributed by atoms with van der Waals surface area (Å²) < 4.78 is 0. The lowest BCUT2D eigenvalue weighted by Gasteiger charge is -2.39. The first-order valence-electron chi connectivity index (χ1n) is 17.9. The summed E-state index contributed by atoms with van der Waals surface area (Å²) >= 11 is 0. The van der Waals surface area contributed by atoms with Crippen molar-refractivity contribution in [2.75, 3.05) is 0 Å². The van der Waals surface area contributed by atoms with Crippen molar-refractivity contribution in [2.45, 2.75) is 225 Å². The molecule has 0 bridgehead atoms. The van der Waals surface area contributed by atoms with Crippen LogP contribution in [0.2, 0.25) is 0 Å². The first-order valence-corrected chi connectivity index (χ1v) is 18.5. The molecule has 0 nitrogen and oxygen atoms in total. The maximum atomic E-state index is 3.54. The molecule has 37 heavy (non-hydrogen) atoms. The van der Waals surface area contributed by atoms with Gasteiger partial charge in [0.15, 0.2) is 0 Å². The number of unbranched alkanes of at least 4 members (excludes halogenated alkanes) is 22. The second-order valence-electron chi connectivity index (χ2n) is 12.8. The Balaban J connectivity index is 4.89. The summed E-state index contributed by atoms with van der Waals surface area (Å²) in [6.07, 6.45) is 43.6. The molecule has 0 heterocycles. The van der Waals surface area contributed by atoms with Gasteiger partial charge < -0.3 is 0 Å². The van der Waals surface area contributed by atoms with Crippen LogP contribution in [0.15, 0.2) is 0 Å². The minimum Gasteiger partial charge on any atom is -0.131 e. The zero-order chi connectivity index (χ0) is 27.3. The molecule has 1 heteroatoms. The lowest BCUT2D eigenvalue weighted by molar-refractivity contribution is 0.269. The molecule has 0 saturated heterocycles. The Morgan fingerprint density at radius 3 is 0.892 bits per heavy atom. The highest BCUT2D eigenvalue weighted by molar-refractivity contribution is 7.19. The fourth-order valence-electron chi connectivity index (χ4n) is 6.42. The third-order valence-corrected chi connectivity index (χ3v) is 10.2. The Bertz CT molecular complexity index is 401. The van der Waals surface area contributed by atoms with Gasteiger partial charge in [-0.15, -0.1) is 9.24 Å². The molecule has 0 fully saturated rings. The summed E-state index contributed by atoms with van der Waals surface area (Å²) in [5.41, 5.74) is 0. The van der Waals surface area contributed by atoms with Crippen molar-refractivity contribution in [1.29, 1.82) is 0 Å². The van der Waals surface area contributed by atoms with Crippen LogP contribution in [0.3, 0.4) is 0 Å². The summed E-state index contributed by atoms with van der Waals surface area (Å²) in [5, 5.41) is 0.514. The molecule has 0 aromatic heterocycles. The van der Waals surface area contributed by atoms with Gasteiger partial charge >= 0.3 is 0 Å². The minimum atomic E-state index is 0.514. The van der Waals surface area contributed by atoms with Gasteiger partial charge in [0.25, 0.3) is 0 Å². The zero-order valence-corrected chi connectivity index (χ0v) is 28.0. The molecule has 0 N–H and O–H groups in total. The van der Waals surface area contributed by atoms with Crippen LogP contribution in [-0.4, -0.2) is 5.16 Å². The molecule has 2 atom stereocenters. The van der Waals surface area contributed by atoms with E-state index < -0.39 is 0 Å². The largest absolute Gasteiger partial charge is 0.131 e. The van der Waals surface area contributed by atoms with Crippen molar-refractivity contribution in [1.82, 2.24) is 0 Å². The van der Waals surface area contributed by atoms with Gasteiger partial charge in [-0.2, -0.15) is 0 Å². The molecular weight excluding hydrogens is 463 g/mol. The van der Waals surface area contributed by atoms with E-state index in [1.807, 2.05) is 0 Å². The van der Waals surface area contributed by atoms with Gasteiger partial charge in [0.05, 0.1) is 0 Å². The van der Waals surface area contributed by atoms with Crippen molar-refractivity contribution >= 4 is 9.24 Å². The Morgan fingerprint density at radius 2 is 0.595 bits per heavy atom. The SMILES string of the molecule is CCCCCCCCCCC(CCCCCCCC)C(P)(CCCCCCCC)CCCCCCCC. The summed E-state index contributed by atoms with van der Waals surface area (Å²) in [6.45, 7) is 9.35. The van der Waals surface area contributed by atoms with Crippen LogP contribution in [0.25, 0.3) is 0 Å². The maximum Gasteiger partial charge on any atom is -0.0122 e. The highest BCUT2D eigenvalue weighted by atomic mass is 31.0. The number of rotatable bonds is 31. The van der Waals surface area contributed by atoms with Gasteiger partial charge in [-0.1, -0.05) is 195 Å². The van der Waals surface area contributed by atoms with Crippen LogP contribution >= 0.6 is 9.24 Å². The molecule has 0 radical (unpaired) electrons. The lowest BCUT2D eigenvalue weighted by atomic mass is 9.77.